The number of thioether (sulfide) groups is 1. The number of aliphatic carboxylic acids is 1. The molecule has 1 aromatic heterocycles. The van der Waals surface area contributed by atoms with Gasteiger partial charge in [0, 0.05) is 28.5 Å². The van der Waals surface area contributed by atoms with E-state index in [4.69, 9.17) is 15.6 Å². The summed E-state index contributed by atoms with van der Waals surface area (Å²) < 4.78 is 73.0. The molecule has 5 N–H and O–H groups in total. The van der Waals surface area contributed by atoms with Crippen molar-refractivity contribution in [3.63, 3.8) is 0 Å². The van der Waals surface area contributed by atoms with E-state index in [1.807, 2.05) is 0 Å². The number of aromatic nitrogens is 2. The number of halogens is 5. The van der Waals surface area contributed by atoms with Gasteiger partial charge in [-0.25, -0.2) is 18.8 Å². The van der Waals surface area contributed by atoms with Gasteiger partial charge in [0.25, 0.3) is 11.8 Å². The third-order valence-electron chi connectivity index (χ3n) is 6.71. The summed E-state index contributed by atoms with van der Waals surface area (Å²) in [4.78, 5) is 45.4. The molecule has 0 bridgehead atoms. The molecule has 2 aliphatic heterocycles. The Kier molecular flexibility index (Phi) is 10.3. The maximum atomic E-state index is 14.9. The molecule has 45 heavy (non-hydrogen) atoms. The molecule has 2 aliphatic rings. The molecule has 3 heterocycles. The summed E-state index contributed by atoms with van der Waals surface area (Å²) in [6.45, 7) is -1.72. The zero-order chi connectivity index (χ0) is 32.8. The lowest BCUT2D eigenvalue weighted by molar-refractivity contribution is -0.215. The van der Waals surface area contributed by atoms with E-state index in [1.54, 1.807) is 30.3 Å². The molecule has 0 radical (unpaired) electrons. The number of carbonyl (C=O) groups is 3. The van der Waals surface area contributed by atoms with Gasteiger partial charge in [-0.2, -0.15) is 13.2 Å². The third-order valence-corrected chi connectivity index (χ3v) is 7.62. The highest BCUT2D eigenvalue weighted by Crippen LogP contribution is 2.52. The first-order chi connectivity index (χ1) is 21.3. The molecular formula is C28H25F5N6O5S. The Morgan fingerprint density at radius 1 is 1.09 bits per heavy atom. The van der Waals surface area contributed by atoms with Crippen molar-refractivity contribution in [3.8, 4) is 0 Å². The third kappa shape index (κ3) is 7.91. The van der Waals surface area contributed by atoms with Gasteiger partial charge in [-0.05, 0) is 30.3 Å². The number of anilines is 1. The Labute approximate surface area is 256 Å². The second-order valence-corrected chi connectivity index (χ2v) is 10.7. The first-order valence-electron chi connectivity index (χ1n) is 13.0. The maximum Gasteiger partial charge on any atom is 0.415 e. The van der Waals surface area contributed by atoms with Crippen LogP contribution in [0.25, 0.3) is 0 Å². The summed E-state index contributed by atoms with van der Waals surface area (Å²) in [5.74, 6) is -4.22. The van der Waals surface area contributed by atoms with E-state index in [9.17, 15) is 36.3 Å². The van der Waals surface area contributed by atoms with Crippen molar-refractivity contribution < 1.29 is 46.2 Å². The van der Waals surface area contributed by atoms with E-state index >= 15 is 0 Å². The average Bonchev–Trinajstić information content (AvgIpc) is 3.42. The Morgan fingerprint density at radius 3 is 2.44 bits per heavy atom. The van der Waals surface area contributed by atoms with Gasteiger partial charge in [0.2, 0.25) is 0 Å². The van der Waals surface area contributed by atoms with E-state index in [0.717, 1.165) is 30.2 Å². The fourth-order valence-electron chi connectivity index (χ4n) is 4.61. The highest BCUT2D eigenvalue weighted by molar-refractivity contribution is 8.13. The van der Waals surface area contributed by atoms with E-state index in [0.29, 0.717) is 5.56 Å². The number of fused-ring (bicyclic) bond motifs is 1. The zero-order valence-corrected chi connectivity index (χ0v) is 23.9. The SMILES string of the molecule is NC1=N[C@@]2(c3cc(NC(=O)c4cnc(CF)cn4)ccc3F)CO[C@H](C(F)(F)F)[C@H]2CS1.O=C(O)CNC(=O)c1ccccc1. The number of amidine groups is 1. The predicted molar refractivity (Wildman–Crippen MR) is 153 cm³/mol. The average molecular weight is 653 g/mol. The summed E-state index contributed by atoms with van der Waals surface area (Å²) in [5, 5.41) is 13.1. The summed E-state index contributed by atoms with van der Waals surface area (Å²) in [6, 6.07) is 11.9. The highest BCUT2D eigenvalue weighted by atomic mass is 32.2. The van der Waals surface area contributed by atoms with Crippen molar-refractivity contribution in [1.29, 1.82) is 0 Å². The van der Waals surface area contributed by atoms with Crippen LogP contribution in [0.3, 0.4) is 0 Å². The number of hydrogen-bond acceptors (Lipinski definition) is 9. The quantitative estimate of drug-likeness (QED) is 0.278. The van der Waals surface area contributed by atoms with Crippen LogP contribution >= 0.6 is 11.8 Å². The van der Waals surface area contributed by atoms with Crippen LogP contribution in [-0.4, -0.2) is 69.2 Å². The number of nitrogens with zero attached hydrogens (tertiary/aromatic N) is 3. The second-order valence-electron chi connectivity index (χ2n) is 9.68. The van der Waals surface area contributed by atoms with Crippen LogP contribution in [0.1, 0.15) is 32.1 Å². The number of carboxylic acids is 1. The van der Waals surface area contributed by atoms with Crippen molar-refractivity contribution in [1.82, 2.24) is 15.3 Å². The first-order valence-corrected chi connectivity index (χ1v) is 14.0. The summed E-state index contributed by atoms with van der Waals surface area (Å²) >= 11 is 0.942. The van der Waals surface area contributed by atoms with Crippen LogP contribution in [0.15, 0.2) is 65.9 Å². The number of aliphatic imine (C=N–C) groups is 1. The van der Waals surface area contributed by atoms with Crippen molar-refractivity contribution in [2.24, 2.45) is 16.6 Å². The lowest BCUT2D eigenvalue weighted by Gasteiger charge is -2.36. The van der Waals surface area contributed by atoms with Crippen molar-refractivity contribution in [3.05, 3.63) is 89.3 Å². The van der Waals surface area contributed by atoms with E-state index in [1.165, 1.54) is 12.1 Å². The van der Waals surface area contributed by atoms with E-state index in [-0.39, 0.29) is 46.0 Å². The number of amides is 2. The Balaban J connectivity index is 0.000000297. The normalized spacial score (nSPS) is 20.6. The Bertz CT molecular complexity index is 1580. The number of hydrogen-bond donors (Lipinski definition) is 4. The minimum absolute atomic E-state index is 0.0183. The molecule has 2 aromatic carbocycles. The van der Waals surface area contributed by atoms with Crippen molar-refractivity contribution in [2.75, 3.05) is 24.2 Å². The topological polar surface area (TPSA) is 169 Å². The minimum Gasteiger partial charge on any atom is -0.480 e. The van der Waals surface area contributed by atoms with Gasteiger partial charge in [0.1, 0.15) is 30.3 Å². The number of ether oxygens (including phenoxy) is 1. The smallest absolute Gasteiger partial charge is 0.415 e. The molecular weight excluding hydrogens is 627 g/mol. The first kappa shape index (κ1) is 33.3. The van der Waals surface area contributed by atoms with Crippen LogP contribution in [0.4, 0.5) is 27.6 Å². The van der Waals surface area contributed by atoms with E-state index < -0.39 is 54.7 Å². The minimum atomic E-state index is -4.67. The number of carbonyl (C=O) groups excluding carboxylic acids is 2. The maximum absolute atomic E-state index is 14.9. The van der Waals surface area contributed by atoms with Crippen LogP contribution in [0, 0.1) is 11.7 Å². The fourth-order valence-corrected chi connectivity index (χ4v) is 5.64. The summed E-state index contributed by atoms with van der Waals surface area (Å²) in [5.41, 5.74) is 4.39. The monoisotopic (exact) mass is 652 g/mol. The molecule has 238 valence electrons. The van der Waals surface area contributed by atoms with Crippen LogP contribution in [-0.2, 0) is 21.7 Å². The molecule has 0 aliphatic carbocycles. The molecule has 11 nitrogen and oxygen atoms in total. The molecule has 2 amide bonds. The summed E-state index contributed by atoms with van der Waals surface area (Å²) in [6.07, 6.45) is -4.63. The molecule has 0 spiro atoms. The number of nitrogens with two attached hydrogens (primary N) is 1. The number of alkyl halides is 4. The Morgan fingerprint density at radius 2 is 1.82 bits per heavy atom. The van der Waals surface area contributed by atoms with Crippen molar-refractivity contribution in [2.45, 2.75) is 24.5 Å². The highest BCUT2D eigenvalue weighted by Gasteiger charge is 2.62. The molecule has 3 aromatic rings. The van der Waals surface area contributed by atoms with Gasteiger partial charge in [-0.1, -0.05) is 30.0 Å². The van der Waals surface area contributed by atoms with Crippen molar-refractivity contribution >= 4 is 40.4 Å². The number of nitrogens with one attached hydrogen (secondary N) is 2. The summed E-state index contributed by atoms with van der Waals surface area (Å²) in [7, 11) is 0. The predicted octanol–water partition coefficient (Wildman–Crippen LogP) is 3.67. The van der Waals surface area contributed by atoms with Crippen LogP contribution in [0.2, 0.25) is 0 Å². The van der Waals surface area contributed by atoms with Crippen LogP contribution < -0.4 is 16.4 Å². The molecule has 0 saturated carbocycles. The largest absolute Gasteiger partial charge is 0.480 e. The lowest BCUT2D eigenvalue weighted by Crippen LogP contribution is -2.46. The number of carboxylic acid groups (broad SMARTS) is 1. The van der Waals surface area contributed by atoms with Gasteiger partial charge >= 0.3 is 12.1 Å². The van der Waals surface area contributed by atoms with Gasteiger partial charge in [-0.3, -0.25) is 19.4 Å². The molecule has 1 saturated heterocycles. The molecule has 1 fully saturated rings. The van der Waals surface area contributed by atoms with Gasteiger partial charge in [-0.15, -0.1) is 0 Å². The molecule has 5 rings (SSSR count). The standard InChI is InChI=1S/C19H16F5N5O2S.C9H9NO3/c20-4-10-5-27-14(6-26-10)16(30)28-9-1-2-13(21)11(3-9)18-8-31-15(19(22,23)24)12(18)7-32-17(25)29-18;11-8(12)6-10-9(13)7-4-2-1-3-5-7/h1-3,5-6,12,15H,4,7-8H2,(H2,25,29)(H,28,30);1-5H,6H2,(H,10,13)(H,11,12)/t12-,15+,18-;/m1./s1. The van der Waals surface area contributed by atoms with E-state index in [2.05, 4.69) is 25.6 Å². The Hall–Kier alpha value is -4.64. The van der Waals surface area contributed by atoms with Gasteiger partial charge < -0.3 is 26.2 Å². The lowest BCUT2D eigenvalue weighted by atomic mass is 9.78. The number of benzene rings is 2. The van der Waals surface area contributed by atoms with Gasteiger partial charge in [0.05, 0.1) is 24.7 Å². The zero-order valence-electron chi connectivity index (χ0n) is 23.1. The number of rotatable bonds is 7. The van der Waals surface area contributed by atoms with Crippen LogP contribution in [0.5, 0.6) is 0 Å². The second kappa shape index (κ2) is 14.0. The van der Waals surface area contributed by atoms with Gasteiger partial charge in [0.15, 0.2) is 11.3 Å². The molecule has 17 heteroatoms. The molecule has 3 atom stereocenters. The fraction of sp³-hybridized carbons (Fsp3) is 0.286. The molecule has 0 unspecified atom stereocenters.